The average Bonchev–Trinajstić information content (AvgIpc) is 4.01. The van der Waals surface area contributed by atoms with Crippen LogP contribution in [-0.4, -0.2) is 83.4 Å². The van der Waals surface area contributed by atoms with Crippen LogP contribution in [-0.2, 0) is 33.9 Å². The van der Waals surface area contributed by atoms with Gasteiger partial charge in [0.05, 0.1) is 41.7 Å². The van der Waals surface area contributed by atoms with Crippen LogP contribution in [0.3, 0.4) is 0 Å². The SMILES string of the molecule is CCOc1cc2ccccc2c(O[C@@H]2C[C@H]3C(=O)C[C@]4(C(=O)NS(=O)(=O)C5(C)CC5)C[C@H]4/C=C\CC[C@H](C)C[C@@H](C)[C@H](CC(=O)OC(C)(C)C(C)(F)F)C(=O)N3C2)n1. The number of esters is 1. The zero-order valence-corrected chi connectivity index (χ0v) is 35.3. The van der Waals surface area contributed by atoms with Crippen LogP contribution in [0.1, 0.15) is 106 Å². The maximum Gasteiger partial charge on any atom is 0.307 e. The molecule has 1 saturated heterocycles. The number of alkyl halides is 2. The van der Waals surface area contributed by atoms with Crippen molar-refractivity contribution in [2.45, 2.75) is 135 Å². The number of halogens is 2. The fourth-order valence-corrected chi connectivity index (χ4v) is 9.63. The number of amides is 2. The summed E-state index contributed by atoms with van der Waals surface area (Å²) in [6.07, 6.45) is 5.23. The number of carbonyl (C=O) groups excluding carboxylic acids is 4. The fraction of sp³-hybridized carbons (Fsp3) is 0.651. The summed E-state index contributed by atoms with van der Waals surface area (Å²) in [4.78, 5) is 63.1. The number of rotatable bonds is 11. The van der Waals surface area contributed by atoms with Gasteiger partial charge in [-0.05, 0) is 95.4 Å². The second-order valence-corrected chi connectivity index (χ2v) is 20.1. The predicted octanol–water partition coefficient (Wildman–Crippen LogP) is 6.94. The van der Waals surface area contributed by atoms with Crippen LogP contribution in [0.5, 0.6) is 11.8 Å². The summed E-state index contributed by atoms with van der Waals surface area (Å²) in [5.74, 6) is -7.27. The standard InChI is InChI=1S/C43H57F2N3O9S/c1-8-55-35-20-28-14-10-12-16-31(28)37(46-35)56-30-21-33-34(49)24-43(39(52)47-58(53,54)41(6)17-18-41)23-29(43)15-11-9-13-26(2)19-27(3)32(38(51)48(33)25-30)22-36(50)57-40(4,5)42(7,44)45/h10-12,14-16,20,26-27,29-30,32-33H,8-9,13,17-19,21-25H2,1-7H3,(H,47,52)/b15-11-/t26-,27+,29+,30+,32-,33-,43+/m0/s1. The van der Waals surface area contributed by atoms with Gasteiger partial charge in [-0.1, -0.05) is 44.2 Å². The Balaban J connectivity index is 1.36. The fourth-order valence-electron chi connectivity index (χ4n) is 8.29. The molecule has 0 spiro atoms. The number of fused-ring (bicyclic) bond motifs is 3. The van der Waals surface area contributed by atoms with Crippen molar-refractivity contribution in [3.63, 3.8) is 0 Å². The molecule has 0 unspecified atom stereocenters. The van der Waals surface area contributed by atoms with E-state index in [-0.39, 0.29) is 37.6 Å². The van der Waals surface area contributed by atoms with Gasteiger partial charge in [-0.3, -0.25) is 23.9 Å². The number of nitrogens with one attached hydrogen (secondary N) is 1. The number of benzene rings is 1. The molecular weight excluding hydrogens is 773 g/mol. The van der Waals surface area contributed by atoms with E-state index in [1.54, 1.807) is 13.0 Å². The number of ether oxygens (including phenoxy) is 3. The molecule has 6 rings (SSSR count). The molecular formula is C43H57F2N3O9S. The molecule has 4 aliphatic rings. The lowest BCUT2D eigenvalue weighted by Crippen LogP contribution is -2.49. The largest absolute Gasteiger partial charge is 0.478 e. The molecule has 1 aromatic heterocycles. The summed E-state index contributed by atoms with van der Waals surface area (Å²) in [5.41, 5.74) is -3.49. The van der Waals surface area contributed by atoms with Crippen molar-refractivity contribution >= 4 is 44.4 Å². The quantitative estimate of drug-likeness (QED) is 0.186. The molecule has 0 bridgehead atoms. The highest BCUT2D eigenvalue weighted by Crippen LogP contribution is 2.58. The Morgan fingerprint density at radius 2 is 1.79 bits per heavy atom. The van der Waals surface area contributed by atoms with E-state index in [2.05, 4.69) is 9.71 Å². The Bertz CT molecular complexity index is 2060. The summed E-state index contributed by atoms with van der Waals surface area (Å²) in [6.45, 7) is 10.4. The second-order valence-electron chi connectivity index (χ2n) is 17.9. The van der Waals surface area contributed by atoms with Gasteiger partial charge >= 0.3 is 5.97 Å². The molecule has 3 fully saturated rings. The summed E-state index contributed by atoms with van der Waals surface area (Å²) < 4.78 is 74.2. The van der Waals surface area contributed by atoms with Crippen molar-refractivity contribution in [2.75, 3.05) is 13.2 Å². The monoisotopic (exact) mass is 829 g/mol. The Kier molecular flexibility index (Phi) is 12.1. The predicted molar refractivity (Wildman–Crippen MR) is 213 cm³/mol. The van der Waals surface area contributed by atoms with Crippen LogP contribution < -0.4 is 14.2 Å². The van der Waals surface area contributed by atoms with Gasteiger partial charge in [-0.2, -0.15) is 4.98 Å². The van der Waals surface area contributed by atoms with Crippen molar-refractivity contribution < 1.29 is 50.6 Å². The topological polar surface area (TPSA) is 158 Å². The first-order valence-electron chi connectivity index (χ1n) is 20.5. The van der Waals surface area contributed by atoms with Gasteiger partial charge in [0.25, 0.3) is 5.92 Å². The molecule has 2 aliphatic carbocycles. The lowest BCUT2D eigenvalue weighted by atomic mass is 9.82. The van der Waals surface area contributed by atoms with Crippen LogP contribution in [0.15, 0.2) is 42.5 Å². The highest BCUT2D eigenvalue weighted by molar-refractivity contribution is 7.91. The van der Waals surface area contributed by atoms with Gasteiger partial charge in [0.2, 0.25) is 33.6 Å². The first-order valence-corrected chi connectivity index (χ1v) is 21.9. The van der Waals surface area contributed by atoms with Gasteiger partial charge < -0.3 is 19.1 Å². The van der Waals surface area contributed by atoms with Gasteiger partial charge in [-0.15, -0.1) is 0 Å². The maximum absolute atomic E-state index is 14.9. The molecule has 15 heteroatoms. The summed E-state index contributed by atoms with van der Waals surface area (Å²) >= 11 is 0. The summed E-state index contributed by atoms with van der Waals surface area (Å²) in [5, 5.41) is 1.48. The second kappa shape index (κ2) is 16.1. The minimum atomic E-state index is -4.01. The Morgan fingerprint density at radius 3 is 2.47 bits per heavy atom. The molecule has 318 valence electrons. The molecule has 2 aromatic rings. The number of hydrogen-bond acceptors (Lipinski definition) is 10. The van der Waals surface area contributed by atoms with Crippen LogP contribution in [0, 0.1) is 29.1 Å². The summed E-state index contributed by atoms with van der Waals surface area (Å²) in [7, 11) is -4.01. The third kappa shape index (κ3) is 9.03. The van der Waals surface area contributed by atoms with Gasteiger partial charge in [0.15, 0.2) is 11.4 Å². The number of ketones is 1. The first-order chi connectivity index (χ1) is 27.1. The van der Waals surface area contributed by atoms with E-state index < -0.39 is 91.6 Å². The molecule has 12 nitrogen and oxygen atoms in total. The van der Waals surface area contributed by atoms with E-state index in [0.717, 1.165) is 19.2 Å². The highest BCUT2D eigenvalue weighted by Gasteiger charge is 2.63. The molecule has 1 aromatic carbocycles. The van der Waals surface area contributed by atoms with Crippen LogP contribution in [0.25, 0.3) is 10.8 Å². The van der Waals surface area contributed by atoms with Crippen molar-refractivity contribution in [1.82, 2.24) is 14.6 Å². The number of hydrogen-bond donors (Lipinski definition) is 1. The number of nitrogens with zero attached hydrogens (tertiary/aromatic N) is 2. The van der Waals surface area contributed by atoms with E-state index >= 15 is 0 Å². The molecule has 58 heavy (non-hydrogen) atoms. The molecule has 7 atom stereocenters. The highest BCUT2D eigenvalue weighted by atomic mass is 32.2. The van der Waals surface area contributed by atoms with Crippen LogP contribution in [0.4, 0.5) is 8.78 Å². The van der Waals surface area contributed by atoms with Crippen LogP contribution >= 0.6 is 0 Å². The molecule has 3 heterocycles. The number of pyridine rings is 1. The normalized spacial score (nSPS) is 29.6. The van der Waals surface area contributed by atoms with Gasteiger partial charge in [-0.25, -0.2) is 17.2 Å². The number of allylic oxidation sites excluding steroid dienone is 2. The van der Waals surface area contributed by atoms with E-state index in [4.69, 9.17) is 14.2 Å². The van der Waals surface area contributed by atoms with Gasteiger partial charge in [0, 0.05) is 31.2 Å². The van der Waals surface area contributed by atoms with E-state index in [1.807, 2.05) is 57.2 Å². The van der Waals surface area contributed by atoms with Gasteiger partial charge in [0.1, 0.15) is 6.10 Å². The number of carbonyl (C=O) groups is 4. The molecule has 2 saturated carbocycles. The third-order valence-corrected chi connectivity index (χ3v) is 15.0. The van der Waals surface area contributed by atoms with Crippen molar-refractivity contribution in [1.29, 1.82) is 0 Å². The molecule has 2 amide bonds. The smallest absolute Gasteiger partial charge is 0.307 e. The Hall–Kier alpha value is -4.14. The summed E-state index contributed by atoms with van der Waals surface area (Å²) in [6, 6.07) is 8.09. The molecule has 2 aliphatic heterocycles. The van der Waals surface area contributed by atoms with Crippen molar-refractivity contribution in [3.8, 4) is 11.8 Å². The Morgan fingerprint density at radius 1 is 1.09 bits per heavy atom. The maximum atomic E-state index is 14.9. The number of aromatic nitrogens is 1. The van der Waals surface area contributed by atoms with Crippen LogP contribution in [0.2, 0.25) is 0 Å². The molecule has 1 N–H and O–H groups in total. The zero-order chi connectivity index (χ0) is 42.4. The van der Waals surface area contributed by atoms with Crippen molar-refractivity contribution in [3.05, 3.63) is 42.5 Å². The Labute approximate surface area is 339 Å². The minimum Gasteiger partial charge on any atom is -0.478 e. The van der Waals surface area contributed by atoms with E-state index in [9.17, 15) is 36.4 Å². The zero-order valence-electron chi connectivity index (χ0n) is 34.5. The van der Waals surface area contributed by atoms with Crippen molar-refractivity contribution in [2.24, 2.45) is 29.1 Å². The van der Waals surface area contributed by atoms with E-state index in [0.29, 0.717) is 56.9 Å². The number of sulfonamides is 1. The molecule has 0 radical (unpaired) electrons. The third-order valence-electron chi connectivity index (χ3n) is 12.9. The number of Topliss-reactive ketones (excluding diaryl/α,β-unsaturated/α-hetero) is 1. The van der Waals surface area contributed by atoms with E-state index in [1.165, 1.54) is 4.90 Å². The lowest BCUT2D eigenvalue weighted by molar-refractivity contribution is -0.197. The minimum absolute atomic E-state index is 0.0189. The first kappa shape index (κ1) is 43.4. The lowest BCUT2D eigenvalue weighted by Gasteiger charge is -2.34. The average molecular weight is 830 g/mol.